The van der Waals surface area contributed by atoms with Gasteiger partial charge in [0.15, 0.2) is 0 Å². The van der Waals surface area contributed by atoms with Crippen LogP contribution >= 0.6 is 0 Å². The second-order valence-corrected chi connectivity index (χ2v) is 6.65. The Morgan fingerprint density at radius 1 is 1.20 bits per heavy atom. The van der Waals surface area contributed by atoms with Crippen molar-refractivity contribution < 1.29 is 14.3 Å². The molecule has 5 nitrogen and oxygen atoms in total. The lowest BCUT2D eigenvalue weighted by Crippen LogP contribution is -2.41. The van der Waals surface area contributed by atoms with E-state index in [1.807, 2.05) is 30.3 Å². The average molecular weight is 342 g/mol. The molecule has 1 aliphatic rings. The number of anilines is 1. The number of aliphatic hydroxyl groups excluding tert-OH is 1. The number of rotatable bonds is 6. The van der Waals surface area contributed by atoms with E-state index < -0.39 is 6.10 Å². The maximum absolute atomic E-state index is 12.4. The minimum atomic E-state index is -0.627. The summed E-state index contributed by atoms with van der Waals surface area (Å²) in [5, 5.41) is 13.4. The van der Waals surface area contributed by atoms with Crippen LogP contribution in [0, 0.1) is 0 Å². The van der Waals surface area contributed by atoms with Crippen LogP contribution in [0.25, 0.3) is 0 Å². The van der Waals surface area contributed by atoms with E-state index in [0.717, 1.165) is 31.5 Å². The normalized spacial score (nSPS) is 20.0. The molecule has 0 radical (unpaired) electrons. The molecule has 0 spiro atoms. The molecule has 0 aliphatic carbocycles. The van der Waals surface area contributed by atoms with Crippen LogP contribution in [0.1, 0.15) is 44.0 Å². The molecule has 0 saturated carbocycles. The van der Waals surface area contributed by atoms with E-state index in [2.05, 4.69) is 10.2 Å². The molecule has 2 heterocycles. The Labute approximate surface area is 148 Å². The van der Waals surface area contributed by atoms with E-state index in [4.69, 9.17) is 4.42 Å². The molecule has 2 N–H and O–H groups in total. The van der Waals surface area contributed by atoms with Gasteiger partial charge in [-0.25, -0.2) is 0 Å². The van der Waals surface area contributed by atoms with E-state index in [0.29, 0.717) is 18.7 Å². The van der Waals surface area contributed by atoms with Crippen molar-refractivity contribution in [2.45, 2.75) is 44.2 Å². The largest absolute Gasteiger partial charge is 0.467 e. The number of hydrogen-bond acceptors (Lipinski definition) is 4. The molecule has 0 bridgehead atoms. The van der Waals surface area contributed by atoms with E-state index in [1.165, 1.54) is 6.42 Å². The molecule has 1 aliphatic heterocycles. The maximum atomic E-state index is 12.4. The first kappa shape index (κ1) is 17.7. The Hall–Kier alpha value is -2.11. The molecule has 134 valence electrons. The van der Waals surface area contributed by atoms with Crippen LogP contribution in [-0.4, -0.2) is 35.0 Å². The summed E-state index contributed by atoms with van der Waals surface area (Å²) in [5.41, 5.74) is 0.814. The molecule has 2 atom stereocenters. The fourth-order valence-corrected chi connectivity index (χ4v) is 3.47. The summed E-state index contributed by atoms with van der Waals surface area (Å²) < 4.78 is 5.32. The molecular formula is C20H26N2O3. The molecule has 1 saturated heterocycles. The highest BCUT2D eigenvalue weighted by Gasteiger charge is 2.26. The minimum Gasteiger partial charge on any atom is -0.467 e. The van der Waals surface area contributed by atoms with E-state index in [1.54, 1.807) is 18.4 Å². The summed E-state index contributed by atoms with van der Waals surface area (Å²) in [6.07, 6.45) is 5.93. The van der Waals surface area contributed by atoms with Crippen LogP contribution in [0.5, 0.6) is 0 Å². The van der Waals surface area contributed by atoms with E-state index >= 15 is 0 Å². The maximum Gasteiger partial charge on any atom is 0.238 e. The highest BCUT2D eigenvalue weighted by Crippen LogP contribution is 2.26. The van der Waals surface area contributed by atoms with Crippen molar-refractivity contribution in [1.82, 2.24) is 4.90 Å². The van der Waals surface area contributed by atoms with Crippen molar-refractivity contribution in [1.29, 1.82) is 0 Å². The zero-order valence-electron chi connectivity index (χ0n) is 14.4. The van der Waals surface area contributed by atoms with Crippen LogP contribution in [0.3, 0.4) is 0 Å². The Morgan fingerprint density at radius 3 is 2.80 bits per heavy atom. The molecule has 3 rings (SSSR count). The number of hydrogen-bond donors (Lipinski definition) is 2. The minimum absolute atomic E-state index is 0.00871. The molecule has 1 fully saturated rings. The monoisotopic (exact) mass is 342 g/mol. The van der Waals surface area contributed by atoms with E-state index in [9.17, 15) is 9.90 Å². The number of nitrogens with one attached hydrogen (secondary N) is 1. The van der Waals surface area contributed by atoms with Gasteiger partial charge in [-0.3, -0.25) is 9.69 Å². The summed E-state index contributed by atoms with van der Waals surface area (Å²) in [7, 11) is 0. The third-order valence-electron chi connectivity index (χ3n) is 4.77. The number of nitrogens with zero attached hydrogens (tertiary/aromatic N) is 1. The number of aliphatic hydroxyl groups is 1. The van der Waals surface area contributed by atoms with Crippen molar-refractivity contribution in [3.05, 3.63) is 54.5 Å². The standard InChI is InChI=1S/C20H26N2O3/c23-18(19-11-7-13-25-19)14-17-10-5-2-6-12-22(17)15-20(24)21-16-8-3-1-4-9-16/h1,3-4,7-9,11,13,17-18,23H,2,5-6,10,12,14-15H2,(H,21,24). The van der Waals surface area contributed by atoms with Crippen LogP contribution < -0.4 is 5.32 Å². The predicted octanol–water partition coefficient (Wildman–Crippen LogP) is 3.59. The van der Waals surface area contributed by atoms with Gasteiger partial charge in [-0.05, 0) is 50.1 Å². The van der Waals surface area contributed by atoms with E-state index in [-0.39, 0.29) is 11.9 Å². The van der Waals surface area contributed by atoms with Crippen LogP contribution in [0.15, 0.2) is 53.1 Å². The number of para-hydroxylation sites is 1. The highest BCUT2D eigenvalue weighted by molar-refractivity contribution is 5.92. The fourth-order valence-electron chi connectivity index (χ4n) is 3.47. The fraction of sp³-hybridized carbons (Fsp3) is 0.450. The van der Waals surface area contributed by atoms with Gasteiger partial charge in [0, 0.05) is 11.7 Å². The van der Waals surface area contributed by atoms with Crippen molar-refractivity contribution in [2.24, 2.45) is 0 Å². The van der Waals surface area contributed by atoms with Gasteiger partial charge in [0.2, 0.25) is 5.91 Å². The van der Waals surface area contributed by atoms with Crippen LogP contribution in [-0.2, 0) is 4.79 Å². The van der Waals surface area contributed by atoms with Crippen molar-refractivity contribution >= 4 is 11.6 Å². The zero-order valence-corrected chi connectivity index (χ0v) is 14.4. The van der Waals surface area contributed by atoms with Gasteiger partial charge in [-0.2, -0.15) is 0 Å². The molecule has 1 aromatic heterocycles. The first-order chi connectivity index (χ1) is 12.2. The summed E-state index contributed by atoms with van der Waals surface area (Å²) >= 11 is 0. The third kappa shape index (κ3) is 5.18. The number of carbonyl (C=O) groups is 1. The molecule has 25 heavy (non-hydrogen) atoms. The first-order valence-corrected chi connectivity index (χ1v) is 9.03. The molecule has 2 aromatic rings. The van der Waals surface area contributed by atoms with Gasteiger partial charge in [-0.1, -0.05) is 31.0 Å². The molecule has 2 unspecified atom stereocenters. The highest BCUT2D eigenvalue weighted by atomic mass is 16.4. The van der Waals surface area contributed by atoms with Gasteiger partial charge in [0.25, 0.3) is 0 Å². The van der Waals surface area contributed by atoms with Gasteiger partial charge in [0.05, 0.1) is 12.8 Å². The van der Waals surface area contributed by atoms with Crippen molar-refractivity contribution in [2.75, 3.05) is 18.4 Å². The van der Waals surface area contributed by atoms with Gasteiger partial charge in [0.1, 0.15) is 11.9 Å². The molecular weight excluding hydrogens is 316 g/mol. The number of carbonyl (C=O) groups excluding carboxylic acids is 1. The molecule has 1 aromatic carbocycles. The van der Waals surface area contributed by atoms with Crippen molar-refractivity contribution in [3.63, 3.8) is 0 Å². The van der Waals surface area contributed by atoms with Gasteiger partial charge in [-0.15, -0.1) is 0 Å². The molecule has 5 heteroatoms. The molecule has 1 amide bonds. The summed E-state index contributed by atoms with van der Waals surface area (Å²) in [6, 6.07) is 13.3. The quantitative estimate of drug-likeness (QED) is 0.842. The zero-order chi connectivity index (χ0) is 17.5. The topological polar surface area (TPSA) is 65.7 Å². The second kappa shape index (κ2) is 8.83. The number of amides is 1. The Kier molecular flexibility index (Phi) is 6.25. The Morgan fingerprint density at radius 2 is 2.04 bits per heavy atom. The second-order valence-electron chi connectivity index (χ2n) is 6.65. The number of benzene rings is 1. The predicted molar refractivity (Wildman–Crippen MR) is 97.2 cm³/mol. The average Bonchev–Trinajstić information content (AvgIpc) is 3.07. The number of furan rings is 1. The van der Waals surface area contributed by atoms with Crippen LogP contribution in [0.2, 0.25) is 0 Å². The Bertz CT molecular complexity index is 642. The van der Waals surface area contributed by atoms with Crippen molar-refractivity contribution in [3.8, 4) is 0 Å². The van der Waals surface area contributed by atoms with Gasteiger partial charge >= 0.3 is 0 Å². The lowest BCUT2D eigenvalue weighted by Gasteiger charge is -2.30. The lowest BCUT2D eigenvalue weighted by molar-refractivity contribution is -0.118. The Balaban J connectivity index is 1.60. The number of likely N-dealkylation sites (tertiary alicyclic amines) is 1. The summed E-state index contributed by atoms with van der Waals surface area (Å²) in [4.78, 5) is 14.6. The first-order valence-electron chi connectivity index (χ1n) is 9.03. The third-order valence-corrected chi connectivity index (χ3v) is 4.77. The SMILES string of the molecule is O=C(CN1CCCCCC1CC(O)c1ccco1)Nc1ccccc1. The summed E-state index contributed by atoms with van der Waals surface area (Å²) in [5.74, 6) is 0.587. The van der Waals surface area contributed by atoms with Crippen LogP contribution in [0.4, 0.5) is 5.69 Å². The smallest absolute Gasteiger partial charge is 0.238 e. The summed E-state index contributed by atoms with van der Waals surface area (Å²) in [6.45, 7) is 1.24. The van der Waals surface area contributed by atoms with Gasteiger partial charge < -0.3 is 14.8 Å². The lowest BCUT2D eigenvalue weighted by atomic mass is 10.0.